The van der Waals surface area contributed by atoms with E-state index in [0.29, 0.717) is 45.3 Å². The average molecular weight is 348 g/mol. The molecule has 0 aliphatic carbocycles. The van der Waals surface area contributed by atoms with E-state index in [4.69, 9.17) is 15.2 Å². The van der Waals surface area contributed by atoms with Crippen molar-refractivity contribution in [1.29, 1.82) is 0 Å². The van der Waals surface area contributed by atoms with E-state index in [9.17, 15) is 4.79 Å². The minimum absolute atomic E-state index is 0.279. The summed E-state index contributed by atoms with van der Waals surface area (Å²) in [5.74, 6) is 1.31. The molecule has 1 aromatic carbocycles. The predicted molar refractivity (Wildman–Crippen MR) is 97.8 cm³/mol. The van der Waals surface area contributed by atoms with Crippen molar-refractivity contribution in [3.63, 3.8) is 0 Å². The van der Waals surface area contributed by atoms with Crippen molar-refractivity contribution in [3.8, 4) is 5.75 Å². The van der Waals surface area contributed by atoms with Crippen molar-refractivity contribution < 1.29 is 14.3 Å². The van der Waals surface area contributed by atoms with Gasteiger partial charge in [0.05, 0.1) is 6.54 Å². The maximum Gasteiger partial charge on any atom is 0.410 e. The zero-order valence-electron chi connectivity index (χ0n) is 15.3. The third-order valence-corrected chi connectivity index (χ3v) is 3.63. The number of rotatable bonds is 4. The summed E-state index contributed by atoms with van der Waals surface area (Å²) in [6.07, 6.45) is -0.279. The molecule has 1 saturated heterocycles. The van der Waals surface area contributed by atoms with Gasteiger partial charge in [-0.2, -0.15) is 0 Å². The lowest BCUT2D eigenvalue weighted by atomic mass is 10.2. The van der Waals surface area contributed by atoms with Gasteiger partial charge in [0.1, 0.15) is 18.0 Å². The Morgan fingerprint density at radius 1 is 1.12 bits per heavy atom. The second kappa shape index (κ2) is 8.60. The molecule has 0 spiro atoms. The van der Waals surface area contributed by atoms with E-state index in [1.54, 1.807) is 4.90 Å². The molecule has 0 aromatic heterocycles. The first-order valence-electron chi connectivity index (χ1n) is 8.56. The van der Waals surface area contributed by atoms with Gasteiger partial charge in [-0.3, -0.25) is 0 Å². The van der Waals surface area contributed by atoms with E-state index in [1.165, 1.54) is 0 Å². The number of benzene rings is 1. The van der Waals surface area contributed by atoms with Gasteiger partial charge in [0.2, 0.25) is 0 Å². The van der Waals surface area contributed by atoms with Gasteiger partial charge in [-0.25, -0.2) is 9.79 Å². The summed E-state index contributed by atoms with van der Waals surface area (Å²) in [4.78, 5) is 20.1. The summed E-state index contributed by atoms with van der Waals surface area (Å²) in [5, 5.41) is 0. The fourth-order valence-corrected chi connectivity index (χ4v) is 2.39. The number of hydrogen-bond donors (Lipinski definition) is 1. The van der Waals surface area contributed by atoms with Crippen LogP contribution in [0.25, 0.3) is 0 Å². The first-order chi connectivity index (χ1) is 11.8. The normalized spacial score (nSPS) is 15.9. The molecule has 0 saturated carbocycles. The molecule has 1 heterocycles. The Hall–Kier alpha value is -2.44. The summed E-state index contributed by atoms with van der Waals surface area (Å²) in [5.41, 5.74) is 5.56. The lowest BCUT2D eigenvalue weighted by Crippen LogP contribution is -2.53. The number of hydrogen-bond acceptors (Lipinski definition) is 4. The van der Waals surface area contributed by atoms with Crippen LogP contribution in [0.5, 0.6) is 5.75 Å². The van der Waals surface area contributed by atoms with Crippen molar-refractivity contribution in [3.05, 3.63) is 30.3 Å². The highest BCUT2D eigenvalue weighted by molar-refractivity contribution is 5.78. The van der Waals surface area contributed by atoms with Gasteiger partial charge in [-0.15, -0.1) is 0 Å². The van der Waals surface area contributed by atoms with E-state index < -0.39 is 5.60 Å². The molecule has 138 valence electrons. The molecule has 0 bridgehead atoms. The van der Waals surface area contributed by atoms with Gasteiger partial charge in [0.15, 0.2) is 5.96 Å². The number of piperazine rings is 1. The van der Waals surface area contributed by atoms with Crippen LogP contribution in [-0.2, 0) is 4.74 Å². The third-order valence-electron chi connectivity index (χ3n) is 3.63. The van der Waals surface area contributed by atoms with Crippen LogP contribution in [0.2, 0.25) is 0 Å². The lowest BCUT2D eigenvalue weighted by Gasteiger charge is -2.36. The molecule has 1 aromatic rings. The number of ether oxygens (including phenoxy) is 2. The lowest BCUT2D eigenvalue weighted by molar-refractivity contribution is 0.0186. The van der Waals surface area contributed by atoms with Crippen LogP contribution in [0.1, 0.15) is 20.8 Å². The van der Waals surface area contributed by atoms with E-state index >= 15 is 0 Å². The standard InChI is InChI=1S/C18H28N4O3/c1-18(2,3)25-17(23)22-12-10-21(11-13-22)16(19)20-9-14-24-15-7-5-4-6-8-15/h4-8H,9-14H2,1-3H3,(H2,19,20). The predicted octanol–water partition coefficient (Wildman–Crippen LogP) is 1.93. The van der Waals surface area contributed by atoms with Crippen LogP contribution >= 0.6 is 0 Å². The van der Waals surface area contributed by atoms with Crippen LogP contribution < -0.4 is 10.5 Å². The number of carbonyl (C=O) groups is 1. The van der Waals surface area contributed by atoms with Gasteiger partial charge >= 0.3 is 6.09 Å². The molecule has 0 unspecified atom stereocenters. The average Bonchev–Trinajstić information content (AvgIpc) is 2.58. The summed E-state index contributed by atoms with van der Waals surface area (Å²) >= 11 is 0. The quantitative estimate of drug-likeness (QED) is 0.511. The molecule has 1 aliphatic heterocycles. The van der Waals surface area contributed by atoms with Crippen LogP contribution in [0, 0.1) is 0 Å². The zero-order valence-corrected chi connectivity index (χ0v) is 15.3. The first-order valence-corrected chi connectivity index (χ1v) is 8.56. The Bertz CT molecular complexity index is 576. The van der Waals surface area contributed by atoms with Crippen LogP contribution in [0.3, 0.4) is 0 Å². The minimum atomic E-state index is -0.479. The largest absolute Gasteiger partial charge is 0.492 e. The van der Waals surface area contributed by atoms with Gasteiger partial charge in [0.25, 0.3) is 0 Å². The molecule has 0 atom stereocenters. The number of carbonyl (C=O) groups excluding carboxylic acids is 1. The molecule has 7 heteroatoms. The Balaban J connectivity index is 1.71. The summed E-state index contributed by atoms with van der Waals surface area (Å²) in [6.45, 7) is 9.01. The first kappa shape index (κ1) is 18.9. The molecule has 1 amide bonds. The molecular formula is C18H28N4O3. The number of amides is 1. The van der Waals surface area contributed by atoms with E-state index in [0.717, 1.165) is 5.75 Å². The highest BCUT2D eigenvalue weighted by atomic mass is 16.6. The molecule has 2 rings (SSSR count). The van der Waals surface area contributed by atoms with Gasteiger partial charge in [-0.1, -0.05) is 18.2 Å². The topological polar surface area (TPSA) is 80.4 Å². The second-order valence-corrected chi connectivity index (χ2v) is 6.86. The fraction of sp³-hybridized carbons (Fsp3) is 0.556. The Morgan fingerprint density at radius 3 is 2.32 bits per heavy atom. The highest BCUT2D eigenvalue weighted by Gasteiger charge is 2.26. The van der Waals surface area contributed by atoms with E-state index in [2.05, 4.69) is 4.99 Å². The third kappa shape index (κ3) is 6.52. The van der Waals surface area contributed by atoms with Crippen LogP contribution in [0.15, 0.2) is 35.3 Å². The zero-order chi connectivity index (χ0) is 18.3. The summed E-state index contributed by atoms with van der Waals surface area (Å²) < 4.78 is 11.0. The van der Waals surface area contributed by atoms with Crippen LogP contribution in [-0.4, -0.2) is 66.8 Å². The molecular weight excluding hydrogens is 320 g/mol. The summed E-state index contributed by atoms with van der Waals surface area (Å²) in [7, 11) is 0. The van der Waals surface area contributed by atoms with Crippen molar-refractivity contribution in [2.24, 2.45) is 10.7 Å². The van der Waals surface area contributed by atoms with Crippen molar-refractivity contribution in [2.45, 2.75) is 26.4 Å². The van der Waals surface area contributed by atoms with Crippen molar-refractivity contribution in [2.75, 3.05) is 39.3 Å². The second-order valence-electron chi connectivity index (χ2n) is 6.86. The number of guanidine groups is 1. The fourth-order valence-electron chi connectivity index (χ4n) is 2.39. The van der Waals surface area contributed by atoms with E-state index in [1.807, 2.05) is 56.0 Å². The Kier molecular flexibility index (Phi) is 6.50. The number of aliphatic imine (C=N–C) groups is 1. The van der Waals surface area contributed by atoms with Crippen molar-refractivity contribution in [1.82, 2.24) is 9.80 Å². The molecule has 1 aliphatic rings. The SMILES string of the molecule is CC(C)(C)OC(=O)N1CCN(C(N)=NCCOc2ccccc2)CC1. The maximum atomic E-state index is 12.0. The van der Waals surface area contributed by atoms with Gasteiger partial charge in [0, 0.05) is 26.2 Å². The van der Waals surface area contributed by atoms with Gasteiger partial charge in [-0.05, 0) is 32.9 Å². The number of para-hydroxylation sites is 1. The number of nitrogens with two attached hydrogens (primary N) is 1. The summed E-state index contributed by atoms with van der Waals surface area (Å²) in [6, 6.07) is 9.61. The minimum Gasteiger partial charge on any atom is -0.492 e. The molecule has 1 fully saturated rings. The monoisotopic (exact) mass is 348 g/mol. The smallest absolute Gasteiger partial charge is 0.410 e. The molecule has 2 N–H and O–H groups in total. The van der Waals surface area contributed by atoms with Gasteiger partial charge < -0.3 is 25.0 Å². The Morgan fingerprint density at radius 2 is 1.72 bits per heavy atom. The molecule has 0 radical (unpaired) electrons. The maximum absolute atomic E-state index is 12.0. The molecule has 25 heavy (non-hydrogen) atoms. The highest BCUT2D eigenvalue weighted by Crippen LogP contribution is 2.12. The molecule has 7 nitrogen and oxygen atoms in total. The van der Waals surface area contributed by atoms with Crippen molar-refractivity contribution >= 4 is 12.1 Å². The van der Waals surface area contributed by atoms with E-state index in [-0.39, 0.29) is 6.09 Å². The van der Waals surface area contributed by atoms with Crippen LogP contribution in [0.4, 0.5) is 4.79 Å². The number of nitrogens with zero attached hydrogens (tertiary/aromatic N) is 3. The Labute approximate surface area is 149 Å².